The van der Waals surface area contributed by atoms with Crippen LogP contribution in [0.2, 0.25) is 0 Å². The van der Waals surface area contributed by atoms with Crippen molar-refractivity contribution >= 4 is 23.8 Å². The third-order valence-electron chi connectivity index (χ3n) is 7.65. The van der Waals surface area contributed by atoms with E-state index in [0.29, 0.717) is 35.6 Å². The van der Waals surface area contributed by atoms with Crippen molar-refractivity contribution < 1.29 is 14.1 Å². The Bertz CT molecular complexity index is 1590. The molecule has 1 N–H and O–H groups in total. The van der Waals surface area contributed by atoms with Gasteiger partial charge in [-0.2, -0.15) is 4.98 Å². The largest absolute Gasteiger partial charge is 0.475 e. The SMILES string of the molecule is Cc1cccc(C)c1-c1cc2nc(n1)NSc1cccc(c1)C(=O)N(Cc1cc(C3CC3)no1)[C@H](CC(C)(C)C)CO2. The lowest BCUT2D eigenvalue weighted by Crippen LogP contribution is -2.45. The van der Waals surface area contributed by atoms with Gasteiger partial charge >= 0.3 is 0 Å². The molecule has 9 heteroatoms. The molecule has 0 radical (unpaired) electrons. The van der Waals surface area contributed by atoms with Gasteiger partial charge in [-0.25, -0.2) is 4.98 Å². The van der Waals surface area contributed by atoms with Gasteiger partial charge in [-0.3, -0.25) is 9.52 Å². The van der Waals surface area contributed by atoms with Crippen LogP contribution >= 0.6 is 11.9 Å². The van der Waals surface area contributed by atoms with E-state index in [4.69, 9.17) is 19.2 Å². The Balaban J connectivity index is 1.42. The number of benzene rings is 2. The zero-order valence-electron chi connectivity index (χ0n) is 24.8. The Hall–Kier alpha value is -3.85. The smallest absolute Gasteiger partial charge is 0.254 e. The molecule has 2 aromatic heterocycles. The van der Waals surface area contributed by atoms with Crippen molar-refractivity contribution in [1.82, 2.24) is 20.0 Å². The highest BCUT2D eigenvalue weighted by Gasteiger charge is 2.33. The van der Waals surface area contributed by atoms with E-state index in [-0.39, 0.29) is 24.0 Å². The maximum absolute atomic E-state index is 14.2. The monoisotopic (exact) mass is 583 g/mol. The van der Waals surface area contributed by atoms with Gasteiger partial charge in [-0.15, -0.1) is 0 Å². The molecule has 42 heavy (non-hydrogen) atoms. The van der Waals surface area contributed by atoms with Crippen LogP contribution in [0.4, 0.5) is 5.95 Å². The Labute approximate surface area is 251 Å². The summed E-state index contributed by atoms with van der Waals surface area (Å²) in [6, 6.07) is 17.5. The van der Waals surface area contributed by atoms with Crippen LogP contribution in [0.1, 0.15) is 78.9 Å². The second-order valence-electron chi connectivity index (χ2n) is 12.6. The first-order chi connectivity index (χ1) is 20.1. The molecule has 218 valence electrons. The minimum Gasteiger partial charge on any atom is -0.475 e. The zero-order chi connectivity index (χ0) is 29.4. The van der Waals surface area contributed by atoms with Gasteiger partial charge in [0.25, 0.3) is 5.91 Å². The average Bonchev–Trinajstić information content (AvgIpc) is 3.69. The summed E-state index contributed by atoms with van der Waals surface area (Å²) in [4.78, 5) is 26.5. The van der Waals surface area contributed by atoms with E-state index in [1.165, 1.54) is 11.9 Å². The first-order valence-corrected chi connectivity index (χ1v) is 15.3. The molecule has 1 saturated carbocycles. The summed E-state index contributed by atoms with van der Waals surface area (Å²) in [5, 5.41) is 4.30. The molecule has 4 aromatic rings. The number of aryl methyl sites for hydroxylation is 2. The number of fused-ring (bicyclic) bond motifs is 4. The lowest BCUT2D eigenvalue weighted by atomic mass is 9.87. The molecule has 1 fully saturated rings. The third-order valence-corrected chi connectivity index (χ3v) is 8.43. The van der Waals surface area contributed by atoms with Crippen LogP contribution < -0.4 is 9.46 Å². The minimum atomic E-state index is -0.251. The Kier molecular flexibility index (Phi) is 7.70. The fourth-order valence-electron chi connectivity index (χ4n) is 5.51. The van der Waals surface area contributed by atoms with E-state index in [2.05, 4.69) is 62.7 Å². The lowest BCUT2D eigenvalue weighted by molar-refractivity contribution is 0.0486. The first-order valence-electron chi connectivity index (χ1n) is 14.5. The molecule has 4 bridgehead atoms. The van der Waals surface area contributed by atoms with E-state index in [9.17, 15) is 4.79 Å². The van der Waals surface area contributed by atoms with E-state index in [1.54, 1.807) is 0 Å². The lowest BCUT2D eigenvalue weighted by Gasteiger charge is -2.35. The summed E-state index contributed by atoms with van der Waals surface area (Å²) in [5.74, 6) is 1.99. The average molecular weight is 584 g/mol. The van der Waals surface area contributed by atoms with Crippen LogP contribution in [0.25, 0.3) is 11.3 Å². The number of ether oxygens (including phenoxy) is 1. The van der Waals surface area contributed by atoms with Gasteiger partial charge in [0, 0.05) is 34.1 Å². The molecule has 1 aliphatic heterocycles. The van der Waals surface area contributed by atoms with Crippen LogP contribution in [0.5, 0.6) is 5.88 Å². The fraction of sp³-hybridized carbons (Fsp3) is 0.394. The van der Waals surface area contributed by atoms with Gasteiger partial charge in [0.2, 0.25) is 11.8 Å². The Morgan fingerprint density at radius 1 is 1.02 bits per heavy atom. The zero-order valence-corrected chi connectivity index (χ0v) is 25.6. The van der Waals surface area contributed by atoms with E-state index < -0.39 is 0 Å². The number of aromatic nitrogens is 3. The van der Waals surface area contributed by atoms with Gasteiger partial charge in [0.1, 0.15) is 6.61 Å². The highest BCUT2D eigenvalue weighted by atomic mass is 32.2. The van der Waals surface area contributed by atoms with E-state index in [0.717, 1.165) is 52.2 Å². The van der Waals surface area contributed by atoms with Crippen LogP contribution in [0.3, 0.4) is 0 Å². The molecule has 1 amide bonds. The highest BCUT2D eigenvalue weighted by Crippen LogP contribution is 2.40. The number of hydrogen-bond acceptors (Lipinski definition) is 8. The molecule has 0 unspecified atom stereocenters. The summed E-state index contributed by atoms with van der Waals surface area (Å²) in [5.41, 5.74) is 5.61. The van der Waals surface area contributed by atoms with Crippen LogP contribution in [0.15, 0.2) is 64.0 Å². The number of amides is 1. The Morgan fingerprint density at radius 2 is 1.79 bits per heavy atom. The van der Waals surface area contributed by atoms with Crippen LogP contribution in [-0.4, -0.2) is 38.6 Å². The molecule has 1 atom stereocenters. The van der Waals surface area contributed by atoms with Gasteiger partial charge in [0.15, 0.2) is 5.76 Å². The van der Waals surface area contributed by atoms with Crippen LogP contribution in [-0.2, 0) is 6.54 Å². The highest BCUT2D eigenvalue weighted by molar-refractivity contribution is 8.00. The normalized spacial score (nSPS) is 17.5. The first kappa shape index (κ1) is 28.3. The standard InChI is InChI=1S/C33H37N5O3S/c1-20-8-6-9-21(2)30(20)28-16-29-35-32(34-28)37-42-26-11-7-10-23(14-26)31(39)38(24(19-40-29)17-33(3,4)5)18-25-15-27(36-41-25)22-12-13-22/h6-11,14-16,22,24H,12-13,17-19H2,1-5H3,(H,34,35,37)/t24-/m1/s1. The molecular weight excluding hydrogens is 546 g/mol. The molecular formula is C33H37N5O3S. The summed E-state index contributed by atoms with van der Waals surface area (Å²) < 4.78 is 15.5. The number of anilines is 1. The quantitative estimate of drug-likeness (QED) is 0.240. The summed E-state index contributed by atoms with van der Waals surface area (Å²) >= 11 is 1.37. The van der Waals surface area contributed by atoms with Gasteiger partial charge < -0.3 is 14.2 Å². The molecule has 8 nitrogen and oxygen atoms in total. The molecule has 6 rings (SSSR count). The summed E-state index contributed by atoms with van der Waals surface area (Å²) in [6.45, 7) is 11.3. The van der Waals surface area contributed by atoms with E-state index in [1.807, 2.05) is 41.3 Å². The Morgan fingerprint density at radius 3 is 2.52 bits per heavy atom. The minimum absolute atomic E-state index is 0.0688. The van der Waals surface area contributed by atoms with Gasteiger partial charge in [0.05, 0.1) is 24.0 Å². The molecule has 0 saturated heterocycles. The molecule has 3 heterocycles. The summed E-state index contributed by atoms with van der Waals surface area (Å²) in [7, 11) is 0. The number of nitrogens with zero attached hydrogens (tertiary/aromatic N) is 4. The summed E-state index contributed by atoms with van der Waals surface area (Å²) in [6.07, 6.45) is 2.99. The van der Waals surface area contributed by atoms with Crippen molar-refractivity contribution in [1.29, 1.82) is 0 Å². The predicted molar refractivity (Wildman–Crippen MR) is 165 cm³/mol. The van der Waals surface area contributed by atoms with Crippen LogP contribution in [0, 0.1) is 19.3 Å². The molecule has 2 aliphatic rings. The fourth-order valence-corrected chi connectivity index (χ4v) is 6.14. The number of carbonyl (C=O) groups is 1. The topological polar surface area (TPSA) is 93.4 Å². The predicted octanol–water partition coefficient (Wildman–Crippen LogP) is 7.58. The second kappa shape index (κ2) is 11.4. The van der Waals surface area contributed by atoms with Gasteiger partial charge in [-0.05, 0) is 79.8 Å². The van der Waals surface area contributed by atoms with Crippen molar-refractivity contribution in [3.8, 4) is 17.1 Å². The van der Waals surface area contributed by atoms with Crippen molar-refractivity contribution in [2.24, 2.45) is 5.41 Å². The molecule has 2 aromatic carbocycles. The second-order valence-corrected chi connectivity index (χ2v) is 13.4. The molecule has 0 spiro atoms. The van der Waals surface area contributed by atoms with E-state index >= 15 is 0 Å². The van der Waals surface area contributed by atoms with Gasteiger partial charge in [-0.1, -0.05) is 50.2 Å². The maximum Gasteiger partial charge on any atom is 0.254 e. The number of rotatable bonds is 5. The van der Waals surface area contributed by atoms with Crippen molar-refractivity contribution in [3.05, 3.63) is 82.7 Å². The molecule has 1 aliphatic carbocycles. The number of hydrogen-bond donors (Lipinski definition) is 1. The number of nitrogens with one attached hydrogen (secondary N) is 1. The van der Waals surface area contributed by atoms with Crippen molar-refractivity contribution in [3.63, 3.8) is 0 Å². The third kappa shape index (κ3) is 6.46. The number of carbonyl (C=O) groups excluding carboxylic acids is 1. The van der Waals surface area contributed by atoms with Crippen molar-refractivity contribution in [2.75, 3.05) is 11.3 Å². The van der Waals surface area contributed by atoms with Crippen molar-refractivity contribution in [2.45, 2.75) is 77.3 Å². The maximum atomic E-state index is 14.2.